The lowest BCUT2D eigenvalue weighted by Gasteiger charge is -2.26. The van der Waals surface area contributed by atoms with Crippen molar-refractivity contribution in [1.82, 2.24) is 4.98 Å². The summed E-state index contributed by atoms with van der Waals surface area (Å²) < 4.78 is 16.8. The Balaban J connectivity index is 1.74. The van der Waals surface area contributed by atoms with E-state index in [9.17, 15) is 0 Å². The number of benzene rings is 1. The third-order valence-electron chi connectivity index (χ3n) is 3.70. The third-order valence-corrected chi connectivity index (χ3v) is 3.70. The largest absolute Gasteiger partial charge is 0.489 e. The van der Waals surface area contributed by atoms with E-state index in [1.807, 2.05) is 30.3 Å². The van der Waals surface area contributed by atoms with E-state index in [1.165, 1.54) is 0 Å². The van der Waals surface area contributed by atoms with Gasteiger partial charge in [-0.15, -0.1) is 0 Å². The van der Waals surface area contributed by atoms with Crippen LogP contribution in [0.25, 0.3) is 10.9 Å². The van der Waals surface area contributed by atoms with Gasteiger partial charge in [-0.05, 0) is 25.0 Å². The van der Waals surface area contributed by atoms with E-state index in [1.54, 1.807) is 7.11 Å². The molecular weight excluding hydrogens is 268 g/mol. The van der Waals surface area contributed by atoms with Gasteiger partial charge in [0.1, 0.15) is 17.9 Å². The summed E-state index contributed by atoms with van der Waals surface area (Å²) in [7, 11) is 1.61. The number of aromatic nitrogens is 1. The van der Waals surface area contributed by atoms with Gasteiger partial charge >= 0.3 is 0 Å². The number of rotatable bonds is 4. The Morgan fingerprint density at radius 1 is 1.29 bits per heavy atom. The second kappa shape index (κ2) is 6.28. The maximum atomic E-state index is 5.91. The number of fused-ring (bicyclic) bond motifs is 1. The Labute approximate surface area is 124 Å². The average molecular weight is 288 g/mol. The van der Waals surface area contributed by atoms with Crippen LogP contribution in [0.15, 0.2) is 30.3 Å². The van der Waals surface area contributed by atoms with Crippen molar-refractivity contribution in [3.8, 4) is 11.6 Å². The van der Waals surface area contributed by atoms with Crippen LogP contribution < -0.4 is 15.2 Å². The lowest BCUT2D eigenvalue weighted by Crippen LogP contribution is -2.37. The standard InChI is InChI=1S/C16H20N2O3/c1-19-15-8-5-11-3-2-4-14(16(11)18-15)21-10-13-7-6-12(17)9-20-13/h2-5,8,12-13H,6-7,9-10,17H2,1H3/t12-,13+/m1/s1. The summed E-state index contributed by atoms with van der Waals surface area (Å²) in [5, 5.41) is 1.03. The molecule has 0 bridgehead atoms. The summed E-state index contributed by atoms with van der Waals surface area (Å²) in [4.78, 5) is 4.46. The average Bonchev–Trinajstić information content (AvgIpc) is 2.54. The molecule has 112 valence electrons. The minimum absolute atomic E-state index is 0.102. The van der Waals surface area contributed by atoms with Crippen molar-refractivity contribution in [2.24, 2.45) is 5.73 Å². The molecule has 2 aromatic rings. The second-order valence-corrected chi connectivity index (χ2v) is 5.29. The molecule has 0 unspecified atom stereocenters. The Morgan fingerprint density at radius 2 is 2.19 bits per heavy atom. The second-order valence-electron chi connectivity index (χ2n) is 5.29. The van der Waals surface area contributed by atoms with Crippen molar-refractivity contribution in [2.75, 3.05) is 20.3 Å². The molecule has 1 saturated heterocycles. The van der Waals surface area contributed by atoms with Crippen molar-refractivity contribution in [3.05, 3.63) is 30.3 Å². The first-order chi connectivity index (χ1) is 10.3. The van der Waals surface area contributed by atoms with Crippen LogP contribution in [0.2, 0.25) is 0 Å². The molecule has 0 aliphatic carbocycles. The molecule has 1 fully saturated rings. The summed E-state index contributed by atoms with van der Waals surface area (Å²) in [6.07, 6.45) is 2.02. The Kier molecular flexibility index (Phi) is 4.22. The molecule has 0 amide bonds. The molecule has 2 N–H and O–H groups in total. The number of nitrogens with zero attached hydrogens (tertiary/aromatic N) is 1. The Bertz CT molecular complexity index is 609. The van der Waals surface area contributed by atoms with Gasteiger partial charge in [0.05, 0.1) is 19.8 Å². The number of hydrogen-bond donors (Lipinski definition) is 1. The van der Waals surface area contributed by atoms with Crippen molar-refractivity contribution in [3.63, 3.8) is 0 Å². The van der Waals surface area contributed by atoms with Crippen LogP contribution >= 0.6 is 0 Å². The lowest BCUT2D eigenvalue weighted by atomic mass is 10.1. The number of nitrogens with two attached hydrogens (primary N) is 1. The van der Waals surface area contributed by atoms with Crippen LogP contribution in [0, 0.1) is 0 Å². The SMILES string of the molecule is COc1ccc2cccc(OC[C@@H]3CC[C@@H](N)CO3)c2n1. The van der Waals surface area contributed by atoms with Crippen LogP contribution in [0.1, 0.15) is 12.8 Å². The number of methoxy groups -OCH3 is 1. The highest BCUT2D eigenvalue weighted by Crippen LogP contribution is 2.26. The first-order valence-electron chi connectivity index (χ1n) is 7.20. The van der Waals surface area contributed by atoms with E-state index in [2.05, 4.69) is 4.98 Å². The number of ether oxygens (including phenoxy) is 3. The molecule has 2 heterocycles. The molecule has 0 saturated carbocycles. The molecule has 0 radical (unpaired) electrons. The van der Waals surface area contributed by atoms with E-state index < -0.39 is 0 Å². The highest BCUT2D eigenvalue weighted by molar-refractivity contribution is 5.84. The normalized spacial score (nSPS) is 22.2. The van der Waals surface area contributed by atoms with Gasteiger partial charge in [0.25, 0.3) is 0 Å². The van der Waals surface area contributed by atoms with Gasteiger partial charge in [-0.3, -0.25) is 0 Å². The molecule has 1 aromatic carbocycles. The van der Waals surface area contributed by atoms with Crippen molar-refractivity contribution in [1.29, 1.82) is 0 Å². The van der Waals surface area contributed by atoms with Crippen LogP contribution in [0.3, 0.4) is 0 Å². The summed E-state index contributed by atoms with van der Waals surface area (Å²) in [5.74, 6) is 1.34. The van der Waals surface area contributed by atoms with E-state index >= 15 is 0 Å². The number of hydrogen-bond acceptors (Lipinski definition) is 5. The molecule has 0 spiro atoms. The van der Waals surface area contributed by atoms with Crippen molar-refractivity contribution >= 4 is 10.9 Å². The Hall–Kier alpha value is -1.85. The van der Waals surface area contributed by atoms with Gasteiger partial charge in [0.2, 0.25) is 5.88 Å². The fourth-order valence-corrected chi connectivity index (χ4v) is 2.47. The quantitative estimate of drug-likeness (QED) is 0.933. The van der Waals surface area contributed by atoms with Gasteiger partial charge in [0.15, 0.2) is 0 Å². The number of pyridine rings is 1. The van der Waals surface area contributed by atoms with Gasteiger partial charge in [-0.25, -0.2) is 4.98 Å². The predicted molar refractivity (Wildman–Crippen MR) is 80.7 cm³/mol. The highest BCUT2D eigenvalue weighted by Gasteiger charge is 2.19. The maximum Gasteiger partial charge on any atom is 0.213 e. The molecule has 5 heteroatoms. The third kappa shape index (κ3) is 3.25. The molecule has 1 aliphatic heterocycles. The molecule has 1 aliphatic rings. The van der Waals surface area contributed by atoms with E-state index in [4.69, 9.17) is 19.9 Å². The van der Waals surface area contributed by atoms with Gasteiger partial charge in [0, 0.05) is 17.5 Å². The minimum atomic E-state index is 0.102. The van der Waals surface area contributed by atoms with Gasteiger partial charge in [-0.2, -0.15) is 0 Å². The monoisotopic (exact) mass is 288 g/mol. The zero-order valence-electron chi connectivity index (χ0n) is 12.1. The molecule has 21 heavy (non-hydrogen) atoms. The maximum absolute atomic E-state index is 5.91. The predicted octanol–water partition coefficient (Wildman–Crippen LogP) is 2.13. The molecule has 1 aromatic heterocycles. The van der Waals surface area contributed by atoms with Crippen LogP contribution in [-0.2, 0) is 4.74 Å². The topological polar surface area (TPSA) is 66.6 Å². The fourth-order valence-electron chi connectivity index (χ4n) is 2.47. The van der Waals surface area contributed by atoms with E-state index in [-0.39, 0.29) is 12.1 Å². The van der Waals surface area contributed by atoms with Crippen LogP contribution in [0.4, 0.5) is 0 Å². The van der Waals surface area contributed by atoms with E-state index in [0.29, 0.717) is 19.1 Å². The molecule has 5 nitrogen and oxygen atoms in total. The molecule has 2 atom stereocenters. The van der Waals surface area contributed by atoms with Crippen molar-refractivity contribution in [2.45, 2.75) is 25.0 Å². The number of para-hydroxylation sites is 1. The summed E-state index contributed by atoms with van der Waals surface area (Å²) >= 11 is 0. The first kappa shape index (κ1) is 14.1. The highest BCUT2D eigenvalue weighted by atomic mass is 16.5. The van der Waals surface area contributed by atoms with Crippen molar-refractivity contribution < 1.29 is 14.2 Å². The zero-order valence-corrected chi connectivity index (χ0v) is 12.1. The summed E-state index contributed by atoms with van der Waals surface area (Å²) in [6, 6.07) is 9.86. The molecule has 3 rings (SSSR count). The summed E-state index contributed by atoms with van der Waals surface area (Å²) in [6.45, 7) is 1.13. The summed E-state index contributed by atoms with van der Waals surface area (Å²) in [5.41, 5.74) is 6.63. The van der Waals surface area contributed by atoms with Crippen LogP contribution in [0.5, 0.6) is 11.6 Å². The molecular formula is C16H20N2O3. The smallest absolute Gasteiger partial charge is 0.213 e. The zero-order chi connectivity index (χ0) is 14.7. The fraction of sp³-hybridized carbons (Fsp3) is 0.438. The lowest BCUT2D eigenvalue weighted by molar-refractivity contribution is -0.0194. The van der Waals surface area contributed by atoms with Gasteiger partial charge in [-0.1, -0.05) is 12.1 Å². The van der Waals surface area contributed by atoms with Gasteiger partial charge < -0.3 is 19.9 Å². The van der Waals surface area contributed by atoms with Crippen LogP contribution in [-0.4, -0.2) is 37.5 Å². The minimum Gasteiger partial charge on any atom is -0.489 e. The Morgan fingerprint density at radius 3 is 2.95 bits per heavy atom. The first-order valence-corrected chi connectivity index (χ1v) is 7.20. The van der Waals surface area contributed by atoms with E-state index in [0.717, 1.165) is 29.5 Å².